The van der Waals surface area contributed by atoms with Crippen molar-refractivity contribution in [2.45, 2.75) is 79.1 Å². The number of hydrogen-bond donors (Lipinski definition) is 2. The first-order valence-corrected chi connectivity index (χ1v) is 17.7. The van der Waals surface area contributed by atoms with Crippen LogP contribution in [0.15, 0.2) is 73.2 Å². The third-order valence-corrected chi connectivity index (χ3v) is 8.70. The third-order valence-electron chi connectivity index (χ3n) is 8.70. The van der Waals surface area contributed by atoms with E-state index < -0.39 is 0 Å². The molecule has 0 saturated heterocycles. The molecule has 11 heteroatoms. The summed E-state index contributed by atoms with van der Waals surface area (Å²) < 4.78 is 14.0. The first kappa shape index (κ1) is 37.8. The number of ether oxygens (including phenoxy) is 2. The number of benzene rings is 2. The lowest BCUT2D eigenvalue weighted by atomic mass is 10.0. The predicted molar refractivity (Wildman–Crippen MR) is 196 cm³/mol. The molecule has 0 aliphatic carbocycles. The van der Waals surface area contributed by atoms with Gasteiger partial charge >= 0.3 is 0 Å². The van der Waals surface area contributed by atoms with Crippen molar-refractivity contribution in [3.05, 3.63) is 73.2 Å². The van der Waals surface area contributed by atoms with Gasteiger partial charge < -0.3 is 24.3 Å². The maximum atomic E-state index is 11.1. The number of aryl methyl sites for hydroxylation is 1. The van der Waals surface area contributed by atoms with Crippen LogP contribution in [-0.2, 0) is 7.05 Å². The molecule has 0 amide bonds. The van der Waals surface area contributed by atoms with Crippen molar-refractivity contribution < 1.29 is 19.7 Å². The molecule has 2 unspecified atom stereocenters. The summed E-state index contributed by atoms with van der Waals surface area (Å²) in [5, 5.41) is 32.3. The number of rotatable bonds is 17. The normalized spacial score (nSPS) is 12.1. The molecule has 5 rings (SSSR count). The molecule has 50 heavy (non-hydrogen) atoms. The Balaban J connectivity index is 0.000000845. The first-order chi connectivity index (χ1) is 24.4. The van der Waals surface area contributed by atoms with Crippen LogP contribution < -0.4 is 9.47 Å². The fraction of sp³-hybridized carbons (Fsp3) is 0.436. The van der Waals surface area contributed by atoms with Crippen LogP contribution in [0.25, 0.3) is 34.3 Å². The van der Waals surface area contributed by atoms with Crippen LogP contribution in [0.1, 0.15) is 79.1 Å². The monoisotopic (exact) mass is 681 g/mol. The minimum Gasteiger partial charge on any atom is -0.507 e. The standard InChI is InChI=1S/C36H48N4O4.C3H3N3/c1-6-10-13-25(8-3)23-43-27-16-18-29(32(41)21-27)34-37-35(39-36(38-34)31-15-12-20-40(31)5)30-19-17-28(22-33(30)42)44-24-26(9-4)14-11-7-2;1-2-4-6-5-3-1/h12,15-22,25-26,41-42H,6-11,13-14,23-24H2,1-5H3;1-3H. The van der Waals surface area contributed by atoms with Crippen LogP contribution in [0.3, 0.4) is 0 Å². The number of nitrogens with zero attached hydrogens (tertiary/aromatic N) is 7. The van der Waals surface area contributed by atoms with E-state index in [4.69, 9.17) is 24.4 Å². The second kappa shape index (κ2) is 19.8. The maximum Gasteiger partial charge on any atom is 0.180 e. The highest BCUT2D eigenvalue weighted by molar-refractivity contribution is 5.72. The molecule has 0 radical (unpaired) electrons. The largest absolute Gasteiger partial charge is 0.507 e. The molecule has 0 aliphatic heterocycles. The molecule has 2 N–H and O–H groups in total. The van der Waals surface area contributed by atoms with Crippen LogP contribution in [-0.4, -0.2) is 58.4 Å². The molecular weight excluding hydrogens is 630 g/mol. The Hall–Kier alpha value is -5.06. The quantitative estimate of drug-likeness (QED) is 0.0979. The van der Waals surface area contributed by atoms with E-state index in [9.17, 15) is 10.2 Å². The minimum atomic E-state index is 0.0145. The molecule has 0 bridgehead atoms. The van der Waals surface area contributed by atoms with Gasteiger partial charge in [0.15, 0.2) is 17.5 Å². The summed E-state index contributed by atoms with van der Waals surface area (Å²) in [4.78, 5) is 14.2. The lowest BCUT2D eigenvalue weighted by molar-refractivity contribution is 0.232. The Bertz CT molecular complexity index is 1620. The lowest BCUT2D eigenvalue weighted by Crippen LogP contribution is -2.11. The van der Waals surface area contributed by atoms with Gasteiger partial charge in [-0.15, -0.1) is 10.2 Å². The van der Waals surface area contributed by atoms with Gasteiger partial charge in [-0.05, 0) is 72.4 Å². The smallest absolute Gasteiger partial charge is 0.180 e. The Morgan fingerprint density at radius 1 is 0.660 bits per heavy atom. The maximum absolute atomic E-state index is 11.1. The fourth-order valence-electron chi connectivity index (χ4n) is 5.43. The number of phenolic OH excluding ortho intramolecular Hbond substituents is 2. The van der Waals surface area contributed by atoms with Crippen molar-refractivity contribution >= 4 is 0 Å². The molecule has 266 valence electrons. The Morgan fingerprint density at radius 2 is 1.16 bits per heavy atom. The van der Waals surface area contributed by atoms with Crippen molar-refractivity contribution in [2.75, 3.05) is 13.2 Å². The van der Waals surface area contributed by atoms with Gasteiger partial charge in [0.05, 0.1) is 42.4 Å². The molecule has 0 fully saturated rings. The summed E-state index contributed by atoms with van der Waals surface area (Å²) in [6.07, 6.45) is 14.1. The van der Waals surface area contributed by atoms with Gasteiger partial charge in [0, 0.05) is 25.4 Å². The van der Waals surface area contributed by atoms with Gasteiger partial charge in [0.2, 0.25) is 0 Å². The minimum absolute atomic E-state index is 0.0145. The number of hydrogen-bond acceptors (Lipinski definition) is 10. The SMILES string of the molecule is CCCCC(CC)COc1ccc(-c2nc(-c3ccc(OCC(CC)CCCC)cc3O)nc(-c3cccn3C)n2)c(O)c1.c1cnnnc1. The highest BCUT2D eigenvalue weighted by atomic mass is 16.5. The van der Waals surface area contributed by atoms with E-state index >= 15 is 0 Å². The zero-order valence-corrected chi connectivity index (χ0v) is 30.0. The van der Waals surface area contributed by atoms with Crippen LogP contribution in [0, 0.1) is 11.8 Å². The van der Waals surface area contributed by atoms with E-state index in [0.717, 1.165) is 31.4 Å². The van der Waals surface area contributed by atoms with Crippen molar-refractivity contribution in [3.8, 4) is 57.3 Å². The zero-order chi connectivity index (χ0) is 35.7. The van der Waals surface area contributed by atoms with E-state index in [1.54, 1.807) is 42.7 Å². The summed E-state index contributed by atoms with van der Waals surface area (Å²) in [6, 6.07) is 16.0. The molecule has 0 spiro atoms. The molecule has 0 saturated carbocycles. The van der Waals surface area contributed by atoms with Gasteiger partial charge in [-0.2, -0.15) is 0 Å². The zero-order valence-electron chi connectivity index (χ0n) is 30.0. The molecule has 0 aliphatic rings. The van der Waals surface area contributed by atoms with Gasteiger partial charge in [0.25, 0.3) is 0 Å². The highest BCUT2D eigenvalue weighted by Crippen LogP contribution is 2.36. The fourth-order valence-corrected chi connectivity index (χ4v) is 5.43. The van der Waals surface area contributed by atoms with E-state index in [1.807, 2.05) is 42.1 Å². The molecule has 2 atom stereocenters. The summed E-state index contributed by atoms with van der Waals surface area (Å²) in [5.74, 6) is 3.22. The van der Waals surface area contributed by atoms with Crippen molar-refractivity contribution in [3.63, 3.8) is 0 Å². The lowest BCUT2D eigenvalue weighted by Gasteiger charge is -2.16. The summed E-state index contributed by atoms with van der Waals surface area (Å²) in [5.41, 5.74) is 1.68. The molecule has 2 aromatic carbocycles. The molecule has 11 nitrogen and oxygen atoms in total. The molecule has 3 aromatic heterocycles. The van der Waals surface area contributed by atoms with Crippen LogP contribution >= 0.6 is 0 Å². The van der Waals surface area contributed by atoms with Gasteiger partial charge in [-0.25, -0.2) is 15.0 Å². The summed E-state index contributed by atoms with van der Waals surface area (Å²) >= 11 is 0. The predicted octanol–water partition coefficient (Wildman–Crippen LogP) is 8.68. The Kier molecular flexibility index (Phi) is 15.0. The van der Waals surface area contributed by atoms with E-state index in [0.29, 0.717) is 65.1 Å². The van der Waals surface area contributed by atoms with Crippen LogP contribution in [0.2, 0.25) is 0 Å². The average Bonchev–Trinajstić information content (AvgIpc) is 3.58. The number of phenols is 2. The second-order valence-electron chi connectivity index (χ2n) is 12.4. The van der Waals surface area contributed by atoms with Crippen LogP contribution in [0.5, 0.6) is 23.0 Å². The van der Waals surface area contributed by atoms with Gasteiger partial charge in [0.1, 0.15) is 23.0 Å². The number of aromatic hydroxyl groups is 2. The molecular formula is C39H51N7O4. The van der Waals surface area contributed by atoms with Crippen molar-refractivity contribution in [1.29, 1.82) is 0 Å². The Labute approximate surface area is 295 Å². The van der Waals surface area contributed by atoms with E-state index in [1.165, 1.54) is 25.7 Å². The second-order valence-corrected chi connectivity index (χ2v) is 12.4. The van der Waals surface area contributed by atoms with Crippen LogP contribution in [0.4, 0.5) is 0 Å². The summed E-state index contributed by atoms with van der Waals surface area (Å²) in [7, 11) is 1.92. The average molecular weight is 682 g/mol. The topological polar surface area (TPSA) is 141 Å². The van der Waals surface area contributed by atoms with Gasteiger partial charge in [-0.1, -0.05) is 66.2 Å². The van der Waals surface area contributed by atoms with E-state index in [-0.39, 0.29) is 11.5 Å². The Morgan fingerprint density at radius 3 is 1.52 bits per heavy atom. The summed E-state index contributed by atoms with van der Waals surface area (Å²) in [6.45, 7) is 9.98. The van der Waals surface area contributed by atoms with Gasteiger partial charge in [-0.3, -0.25) is 0 Å². The van der Waals surface area contributed by atoms with E-state index in [2.05, 4.69) is 43.1 Å². The molecule has 3 heterocycles. The highest BCUT2D eigenvalue weighted by Gasteiger charge is 2.19. The third kappa shape index (κ3) is 11.0. The first-order valence-electron chi connectivity index (χ1n) is 17.7. The van der Waals surface area contributed by atoms with Crippen molar-refractivity contribution in [2.24, 2.45) is 18.9 Å². The molecule has 5 aromatic rings. The van der Waals surface area contributed by atoms with Crippen molar-refractivity contribution in [1.82, 2.24) is 34.9 Å². The number of aromatic nitrogens is 7. The number of unbranched alkanes of at least 4 members (excludes halogenated alkanes) is 2.